The number of carboxylic acid groups (broad SMARTS) is 1. The number of imidazole rings is 1. The van der Waals surface area contributed by atoms with Crippen molar-refractivity contribution in [2.24, 2.45) is 11.5 Å². The Morgan fingerprint density at radius 1 is 1.10 bits per heavy atom. The number of aliphatic carboxylic acids is 1. The van der Waals surface area contributed by atoms with E-state index in [2.05, 4.69) is 25.9 Å². The van der Waals surface area contributed by atoms with Crippen LogP contribution in [0.4, 0.5) is 0 Å². The lowest BCUT2D eigenvalue weighted by Crippen LogP contribution is -2.57. The molecule has 30 heavy (non-hydrogen) atoms. The summed E-state index contributed by atoms with van der Waals surface area (Å²) in [7, 11) is 0. The fourth-order valence-corrected chi connectivity index (χ4v) is 2.28. The van der Waals surface area contributed by atoms with Gasteiger partial charge in [0.2, 0.25) is 23.6 Å². The zero-order valence-corrected chi connectivity index (χ0v) is 16.1. The van der Waals surface area contributed by atoms with Crippen LogP contribution in [-0.2, 0) is 30.4 Å². The van der Waals surface area contributed by atoms with Crippen molar-refractivity contribution < 1.29 is 34.2 Å². The van der Waals surface area contributed by atoms with Gasteiger partial charge in [0.05, 0.1) is 25.4 Å². The number of aromatic nitrogens is 2. The molecule has 0 radical (unpaired) electrons. The fourth-order valence-electron chi connectivity index (χ4n) is 2.28. The number of nitrogens with one attached hydrogen (secondary N) is 4. The summed E-state index contributed by atoms with van der Waals surface area (Å²) in [5, 5.41) is 24.8. The van der Waals surface area contributed by atoms with Gasteiger partial charge in [-0.1, -0.05) is 0 Å². The van der Waals surface area contributed by atoms with E-state index in [1.165, 1.54) is 19.4 Å². The van der Waals surface area contributed by atoms with Gasteiger partial charge in [-0.15, -0.1) is 0 Å². The number of aliphatic hydroxyl groups is 1. The maximum atomic E-state index is 12.5. The topological polar surface area (TPSA) is 243 Å². The lowest BCUT2D eigenvalue weighted by molar-refractivity contribution is -0.143. The smallest absolute Gasteiger partial charge is 0.328 e. The van der Waals surface area contributed by atoms with E-state index in [-0.39, 0.29) is 6.42 Å². The molecule has 0 saturated heterocycles. The standard InChI is InChI=1S/C16H25N7O7/c1-7(21-14(27)9(17)3-12(18)25)13(26)22-10(2-8-4-19-6-20-8)15(28)23-11(5-24)16(29)30/h4,6-7,9-11,24H,2-3,5,17H2,1H3,(H2,18,25)(H,19,20)(H,21,27)(H,22,26)(H,23,28)(H,29,30). The average molecular weight is 427 g/mol. The van der Waals surface area contributed by atoms with Gasteiger partial charge < -0.3 is 42.6 Å². The lowest BCUT2D eigenvalue weighted by atomic mass is 10.1. The lowest BCUT2D eigenvalue weighted by Gasteiger charge is -2.23. The summed E-state index contributed by atoms with van der Waals surface area (Å²) in [4.78, 5) is 65.2. The summed E-state index contributed by atoms with van der Waals surface area (Å²) >= 11 is 0. The van der Waals surface area contributed by atoms with Gasteiger partial charge in [-0.25, -0.2) is 9.78 Å². The first-order valence-electron chi connectivity index (χ1n) is 8.81. The molecule has 0 aliphatic rings. The normalized spacial score (nSPS) is 14.6. The second-order valence-electron chi connectivity index (χ2n) is 6.43. The first kappa shape index (κ1) is 24.5. The molecule has 166 valence electrons. The van der Waals surface area contributed by atoms with Crippen LogP contribution in [0.1, 0.15) is 19.0 Å². The number of hydrogen-bond acceptors (Lipinski definition) is 8. The largest absolute Gasteiger partial charge is 0.480 e. The van der Waals surface area contributed by atoms with Crippen molar-refractivity contribution in [3.63, 3.8) is 0 Å². The fraction of sp³-hybridized carbons (Fsp3) is 0.500. The number of hydrogen-bond donors (Lipinski definition) is 8. The first-order chi connectivity index (χ1) is 14.0. The Bertz CT molecular complexity index is 768. The van der Waals surface area contributed by atoms with Crippen molar-refractivity contribution in [3.8, 4) is 0 Å². The van der Waals surface area contributed by atoms with Gasteiger partial charge in [-0.05, 0) is 6.92 Å². The predicted octanol–water partition coefficient (Wildman–Crippen LogP) is -4.29. The second-order valence-corrected chi connectivity index (χ2v) is 6.43. The molecule has 4 amide bonds. The summed E-state index contributed by atoms with van der Waals surface area (Å²) in [5.41, 5.74) is 10.9. The van der Waals surface area contributed by atoms with Crippen LogP contribution in [-0.4, -0.2) is 80.6 Å². The summed E-state index contributed by atoms with van der Waals surface area (Å²) in [6, 6.07) is -5.20. The van der Waals surface area contributed by atoms with Crippen molar-refractivity contribution in [1.29, 1.82) is 0 Å². The quantitative estimate of drug-likeness (QED) is 0.161. The van der Waals surface area contributed by atoms with Gasteiger partial charge >= 0.3 is 5.97 Å². The minimum Gasteiger partial charge on any atom is -0.480 e. The van der Waals surface area contributed by atoms with Gasteiger partial charge in [0.15, 0.2) is 0 Å². The Balaban J connectivity index is 2.82. The molecule has 1 aromatic rings. The van der Waals surface area contributed by atoms with Crippen LogP contribution in [0, 0.1) is 0 Å². The molecule has 14 nitrogen and oxygen atoms in total. The highest BCUT2D eigenvalue weighted by Gasteiger charge is 2.29. The Labute approximate surface area is 170 Å². The zero-order valence-electron chi connectivity index (χ0n) is 16.1. The van der Waals surface area contributed by atoms with Gasteiger partial charge in [-0.3, -0.25) is 19.2 Å². The van der Waals surface area contributed by atoms with Crippen molar-refractivity contribution in [1.82, 2.24) is 25.9 Å². The zero-order chi connectivity index (χ0) is 22.8. The molecule has 4 unspecified atom stereocenters. The van der Waals surface area contributed by atoms with Crippen LogP contribution in [0.5, 0.6) is 0 Å². The van der Waals surface area contributed by atoms with E-state index in [1.54, 1.807) is 0 Å². The van der Waals surface area contributed by atoms with E-state index in [9.17, 15) is 24.0 Å². The Hall–Kier alpha value is -3.52. The van der Waals surface area contributed by atoms with Gasteiger partial charge in [0.25, 0.3) is 0 Å². The Morgan fingerprint density at radius 3 is 2.23 bits per heavy atom. The Morgan fingerprint density at radius 2 is 1.73 bits per heavy atom. The third-order valence-electron chi connectivity index (χ3n) is 3.92. The number of carbonyl (C=O) groups excluding carboxylic acids is 4. The number of aromatic amines is 1. The van der Waals surface area contributed by atoms with Gasteiger partial charge in [-0.2, -0.15) is 0 Å². The van der Waals surface area contributed by atoms with E-state index in [0.29, 0.717) is 5.69 Å². The molecule has 10 N–H and O–H groups in total. The maximum Gasteiger partial charge on any atom is 0.328 e. The summed E-state index contributed by atoms with van der Waals surface area (Å²) in [5.74, 6) is -4.68. The molecule has 1 rings (SSSR count). The number of carboxylic acids is 1. The number of rotatable bonds is 12. The number of nitrogens with two attached hydrogens (primary N) is 2. The molecular formula is C16H25N7O7. The number of amides is 4. The summed E-state index contributed by atoms with van der Waals surface area (Å²) in [6.07, 6.45) is 2.27. The summed E-state index contributed by atoms with van der Waals surface area (Å²) in [6.45, 7) is 0.471. The second kappa shape index (κ2) is 11.5. The van der Waals surface area contributed by atoms with Crippen LogP contribution in [0.25, 0.3) is 0 Å². The number of carbonyl (C=O) groups is 5. The Kier molecular flexibility index (Phi) is 9.38. The van der Waals surface area contributed by atoms with Crippen LogP contribution >= 0.6 is 0 Å². The average Bonchev–Trinajstić information content (AvgIpc) is 3.17. The van der Waals surface area contributed by atoms with Gasteiger partial charge in [0, 0.05) is 18.3 Å². The molecule has 0 aromatic carbocycles. The van der Waals surface area contributed by atoms with E-state index >= 15 is 0 Å². The van der Waals surface area contributed by atoms with E-state index in [0.717, 1.165) is 0 Å². The molecular weight excluding hydrogens is 402 g/mol. The predicted molar refractivity (Wildman–Crippen MR) is 100 cm³/mol. The number of aliphatic hydroxyl groups excluding tert-OH is 1. The molecule has 1 heterocycles. The number of nitrogens with zero attached hydrogens (tertiary/aromatic N) is 1. The third kappa shape index (κ3) is 7.84. The SMILES string of the molecule is CC(NC(=O)C(N)CC(N)=O)C(=O)NC(Cc1cnc[nH]1)C(=O)NC(CO)C(=O)O. The van der Waals surface area contributed by atoms with E-state index in [4.69, 9.17) is 21.7 Å². The van der Waals surface area contributed by atoms with Gasteiger partial charge in [0.1, 0.15) is 18.1 Å². The highest BCUT2D eigenvalue weighted by Crippen LogP contribution is 2.01. The third-order valence-corrected chi connectivity index (χ3v) is 3.92. The molecule has 0 saturated carbocycles. The number of primary amides is 1. The maximum absolute atomic E-state index is 12.5. The van der Waals surface area contributed by atoms with Crippen molar-refractivity contribution in [3.05, 3.63) is 18.2 Å². The monoisotopic (exact) mass is 427 g/mol. The molecule has 0 bridgehead atoms. The van der Waals surface area contributed by atoms with Crippen LogP contribution < -0.4 is 27.4 Å². The van der Waals surface area contributed by atoms with Crippen LogP contribution in [0.15, 0.2) is 12.5 Å². The van der Waals surface area contributed by atoms with E-state index in [1.807, 2.05) is 0 Å². The minimum atomic E-state index is -1.57. The van der Waals surface area contributed by atoms with Crippen molar-refractivity contribution >= 4 is 29.6 Å². The highest BCUT2D eigenvalue weighted by atomic mass is 16.4. The van der Waals surface area contributed by atoms with Crippen LogP contribution in [0.2, 0.25) is 0 Å². The molecule has 0 fully saturated rings. The molecule has 0 spiro atoms. The van der Waals surface area contributed by atoms with Crippen molar-refractivity contribution in [2.75, 3.05) is 6.61 Å². The molecule has 14 heteroatoms. The van der Waals surface area contributed by atoms with Crippen LogP contribution in [0.3, 0.4) is 0 Å². The van der Waals surface area contributed by atoms with Crippen molar-refractivity contribution in [2.45, 2.75) is 43.9 Å². The minimum absolute atomic E-state index is 0.0722. The molecule has 1 aromatic heterocycles. The highest BCUT2D eigenvalue weighted by molar-refractivity contribution is 5.94. The van der Waals surface area contributed by atoms with E-state index < -0.39 is 66.8 Å². The molecule has 4 atom stereocenters. The molecule has 0 aliphatic heterocycles. The molecule has 0 aliphatic carbocycles. The number of H-pyrrole nitrogens is 1. The summed E-state index contributed by atoms with van der Waals surface area (Å²) < 4.78 is 0. The first-order valence-corrected chi connectivity index (χ1v) is 8.81.